The highest BCUT2D eigenvalue weighted by molar-refractivity contribution is 8.00. The molecule has 0 spiro atoms. The van der Waals surface area contributed by atoms with Gasteiger partial charge in [0.25, 0.3) is 0 Å². The first kappa shape index (κ1) is 19.3. The Hall–Kier alpha value is -3.06. The Morgan fingerprint density at radius 3 is 2.72 bits per heavy atom. The van der Waals surface area contributed by atoms with Gasteiger partial charge in [-0.3, -0.25) is 9.36 Å². The van der Waals surface area contributed by atoms with Gasteiger partial charge in [0.1, 0.15) is 17.6 Å². The number of cyclic esters (lactones) is 1. The molecule has 0 unspecified atom stereocenters. The van der Waals surface area contributed by atoms with E-state index in [0.717, 1.165) is 16.9 Å². The second-order valence-corrected chi connectivity index (χ2v) is 7.68. The number of ether oxygens (including phenoxy) is 2. The van der Waals surface area contributed by atoms with Gasteiger partial charge in [-0.15, -0.1) is 16.8 Å². The number of carbonyl (C=O) groups excluding carboxylic acids is 1. The van der Waals surface area contributed by atoms with Crippen LogP contribution in [0.5, 0.6) is 5.75 Å². The number of carbonyl (C=O) groups is 1. The summed E-state index contributed by atoms with van der Waals surface area (Å²) in [5.74, 6) is 1.26. The molecule has 29 heavy (non-hydrogen) atoms. The molecular formula is C22H21N3O3S. The van der Waals surface area contributed by atoms with Crippen LogP contribution in [-0.4, -0.2) is 32.6 Å². The van der Waals surface area contributed by atoms with E-state index in [9.17, 15) is 4.79 Å². The molecule has 1 aromatic heterocycles. The van der Waals surface area contributed by atoms with Crippen molar-refractivity contribution in [3.05, 3.63) is 73.1 Å². The van der Waals surface area contributed by atoms with Crippen molar-refractivity contribution in [2.24, 2.45) is 0 Å². The third kappa shape index (κ3) is 4.35. The molecule has 0 N–H and O–H groups in total. The lowest BCUT2D eigenvalue weighted by Crippen LogP contribution is -2.12. The number of esters is 1. The molecule has 7 heteroatoms. The van der Waals surface area contributed by atoms with Crippen molar-refractivity contribution >= 4 is 17.7 Å². The highest BCUT2D eigenvalue weighted by Gasteiger charge is 2.29. The summed E-state index contributed by atoms with van der Waals surface area (Å²) < 4.78 is 13.1. The van der Waals surface area contributed by atoms with Crippen LogP contribution in [0.3, 0.4) is 0 Å². The number of nitrogens with zero attached hydrogens (tertiary/aromatic N) is 3. The van der Waals surface area contributed by atoms with E-state index < -0.39 is 0 Å². The van der Waals surface area contributed by atoms with E-state index in [-0.39, 0.29) is 17.8 Å². The van der Waals surface area contributed by atoms with E-state index >= 15 is 0 Å². The highest BCUT2D eigenvalue weighted by Crippen LogP contribution is 2.31. The maximum absolute atomic E-state index is 11.8. The van der Waals surface area contributed by atoms with Crippen LogP contribution in [0, 0.1) is 0 Å². The first-order chi connectivity index (χ1) is 14.3. The monoisotopic (exact) mass is 407 g/mol. The van der Waals surface area contributed by atoms with Gasteiger partial charge in [0, 0.05) is 18.5 Å². The fourth-order valence-corrected chi connectivity index (χ4v) is 4.16. The van der Waals surface area contributed by atoms with Crippen molar-refractivity contribution in [1.82, 2.24) is 14.8 Å². The first-order valence-corrected chi connectivity index (χ1v) is 10.3. The van der Waals surface area contributed by atoms with Crippen molar-refractivity contribution < 1.29 is 14.3 Å². The number of hydrogen-bond donors (Lipinski definition) is 0. The molecule has 1 aliphatic rings. The number of rotatable bonds is 8. The molecule has 2 aromatic carbocycles. The number of aromatic nitrogens is 3. The third-order valence-corrected chi connectivity index (χ3v) is 5.79. The average Bonchev–Trinajstić information content (AvgIpc) is 3.34. The van der Waals surface area contributed by atoms with Crippen LogP contribution in [0.25, 0.3) is 11.1 Å². The summed E-state index contributed by atoms with van der Waals surface area (Å²) in [7, 11) is 0. The fourth-order valence-electron chi connectivity index (χ4n) is 3.13. The number of allylic oxidation sites excluding steroid dienone is 1. The normalized spacial score (nSPS) is 15.9. The van der Waals surface area contributed by atoms with Gasteiger partial charge in [-0.05, 0) is 11.6 Å². The quantitative estimate of drug-likeness (QED) is 0.413. The van der Waals surface area contributed by atoms with Crippen LogP contribution >= 0.6 is 11.8 Å². The summed E-state index contributed by atoms with van der Waals surface area (Å²) in [6.45, 7) is 5.08. The van der Waals surface area contributed by atoms with Crippen LogP contribution < -0.4 is 4.74 Å². The lowest BCUT2D eigenvalue weighted by molar-refractivity contribution is -0.137. The third-order valence-electron chi connectivity index (χ3n) is 4.57. The lowest BCUT2D eigenvalue weighted by atomic mass is 10.1. The minimum atomic E-state index is -0.240. The van der Waals surface area contributed by atoms with E-state index in [4.69, 9.17) is 9.47 Å². The Bertz CT molecular complexity index is 1000. The van der Waals surface area contributed by atoms with Crippen molar-refractivity contribution in [3.8, 4) is 16.9 Å². The van der Waals surface area contributed by atoms with Gasteiger partial charge in [0.2, 0.25) is 0 Å². The molecule has 0 bridgehead atoms. The zero-order valence-corrected chi connectivity index (χ0v) is 16.7. The summed E-state index contributed by atoms with van der Waals surface area (Å²) in [5.41, 5.74) is 2.11. The summed E-state index contributed by atoms with van der Waals surface area (Å²) in [4.78, 5) is 11.8. The standard InChI is InChI=1S/C22H21N3O3S/c1-2-13-25-20(23-24-22(25)29-19-12-14-27-21(19)26)15-28-18-11-7-6-10-17(18)16-8-4-3-5-9-16/h2-11,19H,1,12-15H2/t19-/m1/s1. The Morgan fingerprint density at radius 2 is 1.97 bits per heavy atom. The van der Waals surface area contributed by atoms with Crippen LogP contribution in [-0.2, 0) is 22.7 Å². The maximum Gasteiger partial charge on any atom is 0.319 e. The van der Waals surface area contributed by atoms with Gasteiger partial charge < -0.3 is 9.47 Å². The smallest absolute Gasteiger partial charge is 0.319 e. The zero-order chi connectivity index (χ0) is 20.1. The predicted octanol–water partition coefficient (Wildman–Crippen LogP) is 4.12. The molecule has 2 heterocycles. The van der Waals surface area contributed by atoms with E-state index in [1.165, 1.54) is 11.8 Å². The van der Waals surface area contributed by atoms with Crippen molar-refractivity contribution in [2.45, 2.75) is 30.0 Å². The first-order valence-electron chi connectivity index (χ1n) is 9.40. The Balaban J connectivity index is 1.53. The predicted molar refractivity (Wildman–Crippen MR) is 112 cm³/mol. The van der Waals surface area contributed by atoms with Gasteiger partial charge in [-0.2, -0.15) is 0 Å². The largest absolute Gasteiger partial charge is 0.485 e. The van der Waals surface area contributed by atoms with Gasteiger partial charge in [-0.1, -0.05) is 66.4 Å². The van der Waals surface area contributed by atoms with E-state index in [1.54, 1.807) is 6.08 Å². The molecule has 0 saturated carbocycles. The lowest BCUT2D eigenvalue weighted by Gasteiger charge is -2.13. The van der Waals surface area contributed by atoms with Crippen LogP contribution in [0.2, 0.25) is 0 Å². The Labute approximate surface area is 173 Å². The minimum absolute atomic E-state index is 0.197. The van der Waals surface area contributed by atoms with Gasteiger partial charge in [-0.25, -0.2) is 0 Å². The van der Waals surface area contributed by atoms with Crippen molar-refractivity contribution in [3.63, 3.8) is 0 Å². The molecule has 1 fully saturated rings. The summed E-state index contributed by atoms with van der Waals surface area (Å²) in [6.07, 6.45) is 2.46. The SMILES string of the molecule is C=CCn1c(COc2ccccc2-c2ccccc2)nnc1S[C@@H]1CCOC1=O. The molecule has 0 radical (unpaired) electrons. The van der Waals surface area contributed by atoms with Crippen LogP contribution in [0.15, 0.2) is 72.4 Å². The van der Waals surface area contributed by atoms with Gasteiger partial charge >= 0.3 is 5.97 Å². The fraction of sp³-hybridized carbons (Fsp3) is 0.227. The summed E-state index contributed by atoms with van der Waals surface area (Å²) in [5, 5.41) is 8.98. The summed E-state index contributed by atoms with van der Waals surface area (Å²) in [6, 6.07) is 18.0. The molecule has 0 aliphatic carbocycles. The summed E-state index contributed by atoms with van der Waals surface area (Å²) >= 11 is 1.38. The van der Waals surface area contributed by atoms with Crippen molar-refractivity contribution in [2.75, 3.05) is 6.61 Å². The number of benzene rings is 2. The topological polar surface area (TPSA) is 66.2 Å². The Kier molecular flexibility index (Phi) is 5.95. The number of thioether (sulfide) groups is 1. The number of hydrogen-bond acceptors (Lipinski definition) is 6. The van der Waals surface area contributed by atoms with E-state index in [0.29, 0.717) is 30.6 Å². The zero-order valence-electron chi connectivity index (χ0n) is 15.9. The maximum atomic E-state index is 11.8. The van der Waals surface area contributed by atoms with Crippen LogP contribution in [0.4, 0.5) is 0 Å². The minimum Gasteiger partial charge on any atom is -0.485 e. The molecule has 3 aromatic rings. The molecular weight excluding hydrogens is 386 g/mol. The Morgan fingerprint density at radius 1 is 1.17 bits per heavy atom. The molecule has 148 valence electrons. The molecule has 1 aliphatic heterocycles. The van der Waals surface area contributed by atoms with Gasteiger partial charge in [0.05, 0.1) is 6.61 Å². The van der Waals surface area contributed by atoms with Gasteiger partial charge in [0.15, 0.2) is 11.0 Å². The second-order valence-electron chi connectivity index (χ2n) is 6.51. The van der Waals surface area contributed by atoms with E-state index in [2.05, 4.69) is 28.9 Å². The molecule has 0 amide bonds. The van der Waals surface area contributed by atoms with Crippen molar-refractivity contribution in [1.29, 1.82) is 0 Å². The highest BCUT2D eigenvalue weighted by atomic mass is 32.2. The molecule has 1 atom stereocenters. The molecule has 1 saturated heterocycles. The second kappa shape index (κ2) is 8.96. The average molecular weight is 407 g/mol. The molecule has 6 nitrogen and oxygen atoms in total. The van der Waals surface area contributed by atoms with E-state index in [1.807, 2.05) is 47.0 Å². The molecule has 4 rings (SSSR count). The van der Waals surface area contributed by atoms with Crippen LogP contribution in [0.1, 0.15) is 12.2 Å². The number of para-hydroxylation sites is 1.